The fraction of sp³-hybridized carbons (Fsp3) is 0.400. The van der Waals surface area contributed by atoms with Crippen molar-refractivity contribution >= 4 is 0 Å². The molecule has 3 aromatic rings. The first-order valence-electron chi connectivity index (χ1n) is 9.00. The second-order valence-electron chi connectivity index (χ2n) is 6.84. The zero-order valence-corrected chi connectivity index (χ0v) is 14.6. The van der Waals surface area contributed by atoms with Crippen LogP contribution in [0.3, 0.4) is 0 Å². The van der Waals surface area contributed by atoms with Crippen molar-refractivity contribution in [3.8, 4) is 0 Å². The van der Waals surface area contributed by atoms with Gasteiger partial charge in [0.05, 0.1) is 18.1 Å². The van der Waals surface area contributed by atoms with Gasteiger partial charge in [0, 0.05) is 25.4 Å². The van der Waals surface area contributed by atoms with E-state index >= 15 is 0 Å². The van der Waals surface area contributed by atoms with E-state index in [4.69, 9.17) is 4.52 Å². The Labute approximate surface area is 148 Å². The molecule has 25 heavy (non-hydrogen) atoms. The lowest BCUT2D eigenvalue weighted by molar-refractivity contribution is 0.131. The maximum Gasteiger partial charge on any atom is 0.133 e. The van der Waals surface area contributed by atoms with E-state index in [1.54, 1.807) is 0 Å². The largest absolute Gasteiger partial charge is 0.361 e. The van der Waals surface area contributed by atoms with Gasteiger partial charge in [0.1, 0.15) is 11.5 Å². The smallest absolute Gasteiger partial charge is 0.133 e. The zero-order chi connectivity index (χ0) is 17.1. The second kappa shape index (κ2) is 7.23. The Morgan fingerprint density at radius 2 is 2.04 bits per heavy atom. The first kappa shape index (κ1) is 16.1. The summed E-state index contributed by atoms with van der Waals surface area (Å²) in [6.07, 6.45) is 7.54. The summed E-state index contributed by atoms with van der Waals surface area (Å²) in [6, 6.07) is 12.9. The highest BCUT2D eigenvalue weighted by Gasteiger charge is 2.27. The van der Waals surface area contributed by atoms with Crippen LogP contribution in [-0.4, -0.2) is 26.2 Å². The molecule has 0 unspecified atom stereocenters. The van der Waals surface area contributed by atoms with Crippen LogP contribution in [0.4, 0.5) is 0 Å². The van der Waals surface area contributed by atoms with Crippen molar-refractivity contribution in [3.63, 3.8) is 0 Å². The van der Waals surface area contributed by atoms with Gasteiger partial charge in [0.15, 0.2) is 0 Å². The van der Waals surface area contributed by atoms with E-state index < -0.39 is 0 Å². The first-order valence-corrected chi connectivity index (χ1v) is 9.00. The average Bonchev–Trinajstić information content (AvgIpc) is 3.26. The van der Waals surface area contributed by atoms with Crippen LogP contribution in [0.25, 0.3) is 0 Å². The molecule has 3 heterocycles. The first-order chi connectivity index (χ1) is 12.3. The second-order valence-corrected chi connectivity index (χ2v) is 6.84. The number of benzene rings is 1. The van der Waals surface area contributed by atoms with Crippen LogP contribution >= 0.6 is 0 Å². The Hall–Kier alpha value is -2.40. The topological polar surface area (TPSA) is 47.1 Å². The SMILES string of the molecule is Cc1cc([C@@H]2CCCCN2Cc2cncn2Cc2ccccc2)no1. The summed E-state index contributed by atoms with van der Waals surface area (Å²) in [6.45, 7) is 4.80. The molecule has 4 rings (SSSR count). The van der Waals surface area contributed by atoms with Crippen molar-refractivity contribution in [2.45, 2.75) is 45.3 Å². The molecule has 0 N–H and O–H groups in total. The Morgan fingerprint density at radius 1 is 1.16 bits per heavy atom. The summed E-state index contributed by atoms with van der Waals surface area (Å²) < 4.78 is 7.55. The van der Waals surface area contributed by atoms with Gasteiger partial charge >= 0.3 is 0 Å². The van der Waals surface area contributed by atoms with E-state index in [1.165, 1.54) is 24.1 Å². The van der Waals surface area contributed by atoms with Gasteiger partial charge in [-0.1, -0.05) is 41.9 Å². The normalized spacial score (nSPS) is 18.5. The summed E-state index contributed by atoms with van der Waals surface area (Å²) >= 11 is 0. The lowest BCUT2D eigenvalue weighted by atomic mass is 9.99. The average molecular weight is 336 g/mol. The van der Waals surface area contributed by atoms with Gasteiger partial charge in [-0.3, -0.25) is 4.90 Å². The molecule has 0 spiro atoms. The van der Waals surface area contributed by atoms with Crippen molar-refractivity contribution in [1.29, 1.82) is 0 Å². The third kappa shape index (κ3) is 3.66. The van der Waals surface area contributed by atoms with Gasteiger partial charge in [0.2, 0.25) is 0 Å². The summed E-state index contributed by atoms with van der Waals surface area (Å²) in [5.74, 6) is 0.884. The highest BCUT2D eigenvalue weighted by Crippen LogP contribution is 2.31. The summed E-state index contributed by atoms with van der Waals surface area (Å²) in [5.41, 5.74) is 3.60. The van der Waals surface area contributed by atoms with Crippen LogP contribution in [0.1, 0.15) is 48.0 Å². The van der Waals surface area contributed by atoms with E-state index in [-0.39, 0.29) is 0 Å². The number of imidazole rings is 1. The van der Waals surface area contributed by atoms with E-state index in [0.717, 1.165) is 37.5 Å². The lowest BCUT2D eigenvalue weighted by Gasteiger charge is -2.34. The monoisotopic (exact) mass is 336 g/mol. The molecular weight excluding hydrogens is 312 g/mol. The number of piperidine rings is 1. The summed E-state index contributed by atoms with van der Waals surface area (Å²) in [4.78, 5) is 6.90. The Morgan fingerprint density at radius 3 is 2.84 bits per heavy atom. The van der Waals surface area contributed by atoms with Gasteiger partial charge in [-0.15, -0.1) is 0 Å². The standard InChI is InChI=1S/C20H24N4O/c1-16-11-19(22-25-16)20-9-5-6-10-23(20)14-18-12-21-15-24(18)13-17-7-3-2-4-8-17/h2-4,7-8,11-12,15,20H,5-6,9-10,13-14H2,1H3/t20-/m0/s1. The number of aromatic nitrogens is 3. The minimum atomic E-state index is 0.339. The number of aryl methyl sites for hydroxylation is 1. The molecule has 0 radical (unpaired) electrons. The molecule has 0 saturated carbocycles. The molecule has 0 amide bonds. The predicted octanol–water partition coefficient (Wildman–Crippen LogP) is 3.96. The molecule has 2 aromatic heterocycles. The third-order valence-electron chi connectivity index (χ3n) is 4.96. The Kier molecular flexibility index (Phi) is 4.65. The molecule has 1 saturated heterocycles. The highest BCUT2D eigenvalue weighted by atomic mass is 16.5. The van der Waals surface area contributed by atoms with Crippen LogP contribution in [0.5, 0.6) is 0 Å². The zero-order valence-electron chi connectivity index (χ0n) is 14.6. The van der Waals surface area contributed by atoms with Gasteiger partial charge in [-0.25, -0.2) is 4.98 Å². The molecule has 130 valence electrons. The molecule has 5 heteroatoms. The molecule has 1 aliphatic rings. The highest BCUT2D eigenvalue weighted by molar-refractivity contribution is 5.16. The molecule has 1 aromatic carbocycles. The fourth-order valence-electron chi connectivity index (χ4n) is 3.67. The molecule has 1 fully saturated rings. The Bertz CT molecular complexity index is 808. The van der Waals surface area contributed by atoms with Crippen LogP contribution in [-0.2, 0) is 13.1 Å². The number of hydrogen-bond donors (Lipinski definition) is 0. The molecular formula is C20H24N4O. The van der Waals surface area contributed by atoms with Gasteiger partial charge in [0.25, 0.3) is 0 Å². The van der Waals surface area contributed by atoms with E-state index in [0.29, 0.717) is 6.04 Å². The van der Waals surface area contributed by atoms with E-state index in [2.05, 4.69) is 56.0 Å². The van der Waals surface area contributed by atoms with Crippen molar-refractivity contribution < 1.29 is 4.52 Å². The van der Waals surface area contributed by atoms with Crippen LogP contribution in [0.2, 0.25) is 0 Å². The maximum absolute atomic E-state index is 5.31. The summed E-state index contributed by atoms with van der Waals surface area (Å²) in [5, 5.41) is 4.27. The van der Waals surface area contributed by atoms with E-state index in [1.807, 2.05) is 19.4 Å². The quantitative estimate of drug-likeness (QED) is 0.708. The number of likely N-dealkylation sites (tertiary alicyclic amines) is 1. The van der Waals surface area contributed by atoms with Crippen molar-refractivity contribution in [3.05, 3.63) is 71.6 Å². The van der Waals surface area contributed by atoms with Crippen molar-refractivity contribution in [2.75, 3.05) is 6.54 Å². The maximum atomic E-state index is 5.31. The third-order valence-corrected chi connectivity index (χ3v) is 4.96. The van der Waals surface area contributed by atoms with E-state index in [9.17, 15) is 0 Å². The fourth-order valence-corrected chi connectivity index (χ4v) is 3.67. The van der Waals surface area contributed by atoms with Crippen LogP contribution in [0, 0.1) is 6.92 Å². The van der Waals surface area contributed by atoms with Crippen LogP contribution in [0.15, 0.2) is 53.4 Å². The molecule has 1 atom stereocenters. The molecule has 0 bridgehead atoms. The molecule has 1 aliphatic heterocycles. The van der Waals surface area contributed by atoms with Crippen molar-refractivity contribution in [2.24, 2.45) is 0 Å². The number of nitrogens with zero attached hydrogens (tertiary/aromatic N) is 4. The minimum Gasteiger partial charge on any atom is -0.361 e. The minimum absolute atomic E-state index is 0.339. The predicted molar refractivity (Wildman–Crippen MR) is 96.0 cm³/mol. The number of rotatable bonds is 5. The van der Waals surface area contributed by atoms with Gasteiger partial charge < -0.3 is 9.09 Å². The number of hydrogen-bond acceptors (Lipinski definition) is 4. The molecule has 0 aliphatic carbocycles. The van der Waals surface area contributed by atoms with Crippen LogP contribution < -0.4 is 0 Å². The van der Waals surface area contributed by atoms with Gasteiger partial charge in [-0.2, -0.15) is 0 Å². The Balaban J connectivity index is 1.52. The molecule has 5 nitrogen and oxygen atoms in total. The van der Waals surface area contributed by atoms with Crippen molar-refractivity contribution in [1.82, 2.24) is 19.6 Å². The van der Waals surface area contributed by atoms with Gasteiger partial charge in [-0.05, 0) is 31.9 Å². The summed E-state index contributed by atoms with van der Waals surface area (Å²) in [7, 11) is 0. The lowest BCUT2D eigenvalue weighted by Crippen LogP contribution is -2.33.